The minimum absolute atomic E-state index is 0.206. The van der Waals surface area contributed by atoms with E-state index in [9.17, 15) is 4.79 Å². The van der Waals surface area contributed by atoms with Gasteiger partial charge in [-0.3, -0.25) is 0 Å². The van der Waals surface area contributed by atoms with Crippen molar-refractivity contribution in [3.05, 3.63) is 35.2 Å². The summed E-state index contributed by atoms with van der Waals surface area (Å²) < 4.78 is 5.39. The lowest BCUT2D eigenvalue weighted by Gasteiger charge is -2.27. The number of aryl methyl sites for hydroxylation is 2. The summed E-state index contributed by atoms with van der Waals surface area (Å²) in [6, 6.07) is 5.50. The highest BCUT2D eigenvalue weighted by molar-refractivity contribution is 5.89. The van der Waals surface area contributed by atoms with Crippen LogP contribution in [0.25, 0.3) is 0 Å². The van der Waals surface area contributed by atoms with Gasteiger partial charge in [0.1, 0.15) is 0 Å². The number of ether oxygens (including phenoxy) is 1. The number of rotatable bonds is 5. The maximum atomic E-state index is 12.3. The van der Waals surface area contributed by atoms with Gasteiger partial charge >= 0.3 is 6.03 Å². The first-order valence-corrected chi connectivity index (χ1v) is 9.29. The Kier molecular flexibility index (Phi) is 6.25. The average Bonchev–Trinajstić information content (AvgIpc) is 2.69. The second kappa shape index (κ2) is 8.83. The fraction of sp³-hybridized carbons (Fsp3) is 0.474. The van der Waals surface area contributed by atoms with Gasteiger partial charge < -0.3 is 25.2 Å². The van der Waals surface area contributed by atoms with Crippen LogP contribution in [0.3, 0.4) is 0 Å². The molecule has 2 N–H and O–H groups in total. The first-order valence-electron chi connectivity index (χ1n) is 9.29. The summed E-state index contributed by atoms with van der Waals surface area (Å²) >= 11 is 0. The van der Waals surface area contributed by atoms with E-state index in [1.54, 1.807) is 0 Å². The Balaban J connectivity index is 1.67. The number of carbonyl (C=O) groups excluding carboxylic acids is 1. The van der Waals surface area contributed by atoms with Crippen LogP contribution in [-0.4, -0.2) is 61.4 Å². The van der Waals surface area contributed by atoms with E-state index in [0.29, 0.717) is 30.9 Å². The molecule has 0 unspecified atom stereocenters. The van der Waals surface area contributed by atoms with Crippen molar-refractivity contribution in [3.8, 4) is 0 Å². The summed E-state index contributed by atoms with van der Waals surface area (Å²) in [6.45, 7) is 7.02. The Bertz CT molecular complexity index is 835. The number of aromatic nitrogens is 3. The normalized spacial score (nSPS) is 13.9. The standard InChI is InChI=1S/C19H27N7O2/c1-13-5-6-15(11-14(13)2)21-19(27)20-12-16-22-17(25(3)4)24-18(23-16)26-7-9-28-10-8-26/h5-6,11H,7-10,12H2,1-4H3,(H2,20,21,27). The fourth-order valence-corrected chi connectivity index (χ4v) is 2.73. The Hall–Kier alpha value is -2.94. The minimum Gasteiger partial charge on any atom is -0.378 e. The van der Waals surface area contributed by atoms with Gasteiger partial charge in [-0.15, -0.1) is 0 Å². The molecular formula is C19H27N7O2. The second-order valence-electron chi connectivity index (χ2n) is 6.95. The number of anilines is 3. The molecule has 0 saturated carbocycles. The van der Waals surface area contributed by atoms with Gasteiger partial charge in [-0.25, -0.2) is 4.79 Å². The summed E-state index contributed by atoms with van der Waals surface area (Å²) in [5.74, 6) is 1.67. The molecule has 9 nitrogen and oxygen atoms in total. The van der Waals surface area contributed by atoms with E-state index < -0.39 is 0 Å². The molecule has 2 amide bonds. The maximum absolute atomic E-state index is 12.3. The van der Waals surface area contributed by atoms with Crippen LogP contribution < -0.4 is 20.4 Å². The second-order valence-corrected chi connectivity index (χ2v) is 6.95. The lowest BCUT2D eigenvalue weighted by atomic mass is 10.1. The molecule has 1 aromatic carbocycles. The molecule has 150 valence electrons. The molecule has 1 aromatic heterocycles. The predicted octanol–water partition coefficient (Wildman–Crippen LogP) is 1.71. The van der Waals surface area contributed by atoms with Crippen LogP contribution in [0.2, 0.25) is 0 Å². The lowest BCUT2D eigenvalue weighted by molar-refractivity contribution is 0.122. The quantitative estimate of drug-likeness (QED) is 0.809. The third-order valence-electron chi connectivity index (χ3n) is 4.52. The molecule has 1 aliphatic heterocycles. The SMILES string of the molecule is Cc1ccc(NC(=O)NCc2nc(N(C)C)nc(N3CCOCC3)n2)cc1C. The van der Waals surface area contributed by atoms with Crippen molar-refractivity contribution in [1.29, 1.82) is 0 Å². The number of benzene rings is 1. The van der Waals surface area contributed by atoms with Crippen molar-refractivity contribution in [1.82, 2.24) is 20.3 Å². The Labute approximate surface area is 165 Å². The third-order valence-corrected chi connectivity index (χ3v) is 4.52. The highest BCUT2D eigenvalue weighted by atomic mass is 16.5. The summed E-state index contributed by atoms with van der Waals surface area (Å²) in [5.41, 5.74) is 3.06. The summed E-state index contributed by atoms with van der Waals surface area (Å²) in [4.78, 5) is 29.6. The smallest absolute Gasteiger partial charge is 0.319 e. The van der Waals surface area contributed by atoms with Crippen LogP contribution in [0, 0.1) is 13.8 Å². The van der Waals surface area contributed by atoms with Gasteiger partial charge in [0.15, 0.2) is 5.82 Å². The van der Waals surface area contributed by atoms with Gasteiger partial charge in [-0.05, 0) is 37.1 Å². The molecular weight excluding hydrogens is 358 g/mol. The number of morpholine rings is 1. The maximum Gasteiger partial charge on any atom is 0.319 e. The van der Waals surface area contributed by atoms with Gasteiger partial charge in [0.2, 0.25) is 11.9 Å². The molecule has 1 aliphatic rings. The molecule has 28 heavy (non-hydrogen) atoms. The number of carbonyl (C=O) groups is 1. The van der Waals surface area contributed by atoms with Crippen molar-refractivity contribution < 1.29 is 9.53 Å². The van der Waals surface area contributed by atoms with E-state index in [-0.39, 0.29) is 12.6 Å². The molecule has 9 heteroatoms. The largest absolute Gasteiger partial charge is 0.378 e. The molecule has 2 heterocycles. The Morgan fingerprint density at radius 1 is 1.14 bits per heavy atom. The number of nitrogens with zero attached hydrogens (tertiary/aromatic N) is 5. The number of nitrogens with one attached hydrogen (secondary N) is 2. The first-order chi connectivity index (χ1) is 13.4. The number of urea groups is 1. The van der Waals surface area contributed by atoms with Gasteiger partial charge in [-0.1, -0.05) is 6.07 Å². The van der Waals surface area contributed by atoms with E-state index in [2.05, 4.69) is 30.5 Å². The highest BCUT2D eigenvalue weighted by Gasteiger charge is 2.17. The highest BCUT2D eigenvalue weighted by Crippen LogP contribution is 2.15. The summed E-state index contributed by atoms with van der Waals surface area (Å²) in [5, 5.41) is 5.65. The van der Waals surface area contributed by atoms with Crippen molar-refractivity contribution in [2.75, 3.05) is 55.5 Å². The van der Waals surface area contributed by atoms with Crippen LogP contribution in [-0.2, 0) is 11.3 Å². The van der Waals surface area contributed by atoms with Gasteiger partial charge in [0, 0.05) is 32.9 Å². The molecule has 0 aliphatic carbocycles. The number of amides is 2. The molecule has 1 fully saturated rings. The Morgan fingerprint density at radius 3 is 2.57 bits per heavy atom. The van der Waals surface area contributed by atoms with Crippen LogP contribution in [0.4, 0.5) is 22.4 Å². The molecule has 2 aromatic rings. The molecule has 0 radical (unpaired) electrons. The van der Waals surface area contributed by atoms with E-state index in [0.717, 1.165) is 24.3 Å². The van der Waals surface area contributed by atoms with Crippen LogP contribution in [0.5, 0.6) is 0 Å². The van der Waals surface area contributed by atoms with Crippen molar-refractivity contribution >= 4 is 23.6 Å². The third kappa shape index (κ3) is 5.07. The van der Waals surface area contributed by atoms with Crippen LogP contribution in [0.15, 0.2) is 18.2 Å². The molecule has 3 rings (SSSR count). The van der Waals surface area contributed by atoms with Crippen molar-refractivity contribution in [3.63, 3.8) is 0 Å². The average molecular weight is 385 g/mol. The summed E-state index contributed by atoms with van der Waals surface area (Å²) in [6.07, 6.45) is 0. The van der Waals surface area contributed by atoms with E-state index in [1.165, 1.54) is 5.56 Å². The molecule has 0 bridgehead atoms. The topological polar surface area (TPSA) is 95.5 Å². The first kappa shape index (κ1) is 19.8. The zero-order valence-electron chi connectivity index (χ0n) is 16.8. The monoisotopic (exact) mass is 385 g/mol. The zero-order chi connectivity index (χ0) is 20.1. The molecule has 1 saturated heterocycles. The van der Waals surface area contributed by atoms with E-state index in [4.69, 9.17) is 4.74 Å². The van der Waals surface area contributed by atoms with Crippen molar-refractivity contribution in [2.24, 2.45) is 0 Å². The van der Waals surface area contributed by atoms with Crippen molar-refractivity contribution in [2.45, 2.75) is 20.4 Å². The summed E-state index contributed by atoms with van der Waals surface area (Å²) in [7, 11) is 3.75. The minimum atomic E-state index is -0.303. The fourth-order valence-electron chi connectivity index (χ4n) is 2.73. The Morgan fingerprint density at radius 2 is 1.89 bits per heavy atom. The molecule has 0 spiro atoms. The van der Waals surface area contributed by atoms with Crippen LogP contribution >= 0.6 is 0 Å². The lowest BCUT2D eigenvalue weighted by Crippen LogP contribution is -2.38. The van der Waals surface area contributed by atoms with Gasteiger partial charge in [-0.2, -0.15) is 15.0 Å². The van der Waals surface area contributed by atoms with Crippen LogP contribution in [0.1, 0.15) is 17.0 Å². The number of hydrogen-bond acceptors (Lipinski definition) is 7. The van der Waals surface area contributed by atoms with Gasteiger partial charge in [0.05, 0.1) is 19.8 Å². The number of hydrogen-bond donors (Lipinski definition) is 2. The van der Waals surface area contributed by atoms with E-state index in [1.807, 2.05) is 51.0 Å². The molecule has 0 atom stereocenters. The van der Waals surface area contributed by atoms with Gasteiger partial charge in [0.25, 0.3) is 0 Å². The zero-order valence-corrected chi connectivity index (χ0v) is 16.8. The predicted molar refractivity (Wildman–Crippen MR) is 109 cm³/mol. The van der Waals surface area contributed by atoms with E-state index >= 15 is 0 Å².